The zero-order chi connectivity index (χ0) is 21.8. The third kappa shape index (κ3) is 4.79. The predicted octanol–water partition coefficient (Wildman–Crippen LogP) is 5.38. The molecule has 2 heterocycles. The van der Waals surface area contributed by atoms with Crippen LogP contribution in [0.4, 0.5) is 10.3 Å². The van der Waals surface area contributed by atoms with Crippen LogP contribution in [0.1, 0.15) is 42.6 Å². The van der Waals surface area contributed by atoms with Gasteiger partial charge in [-0.3, -0.25) is 4.79 Å². The molecular formula is C25H28FN3O2. The molecule has 1 fully saturated rings. The zero-order valence-electron chi connectivity index (χ0n) is 18.1. The molecule has 1 amide bonds. The van der Waals surface area contributed by atoms with Gasteiger partial charge in [0.1, 0.15) is 11.5 Å². The number of benzene rings is 2. The van der Waals surface area contributed by atoms with E-state index in [1.807, 2.05) is 30.3 Å². The maximum absolute atomic E-state index is 13.8. The first-order valence-electron chi connectivity index (χ1n) is 10.9. The van der Waals surface area contributed by atoms with Crippen LogP contribution in [-0.4, -0.2) is 35.6 Å². The normalized spacial score (nSPS) is 13.7. The number of hydrogen-bond acceptors (Lipinski definition) is 4. The summed E-state index contributed by atoms with van der Waals surface area (Å²) >= 11 is 0. The van der Waals surface area contributed by atoms with Crippen molar-refractivity contribution >= 4 is 11.8 Å². The van der Waals surface area contributed by atoms with Gasteiger partial charge in [-0.1, -0.05) is 55.4 Å². The Morgan fingerprint density at radius 2 is 1.87 bits per heavy atom. The van der Waals surface area contributed by atoms with Gasteiger partial charge in [0.05, 0.1) is 12.1 Å². The highest BCUT2D eigenvalue weighted by molar-refractivity contribution is 5.94. The van der Waals surface area contributed by atoms with Crippen LogP contribution in [0.2, 0.25) is 0 Å². The van der Waals surface area contributed by atoms with Crippen molar-refractivity contribution in [3.8, 4) is 11.3 Å². The summed E-state index contributed by atoms with van der Waals surface area (Å²) in [6.07, 6.45) is 2.22. The Kier molecular flexibility index (Phi) is 6.35. The van der Waals surface area contributed by atoms with Gasteiger partial charge in [0.25, 0.3) is 5.91 Å². The van der Waals surface area contributed by atoms with Crippen molar-refractivity contribution in [1.29, 1.82) is 0 Å². The van der Waals surface area contributed by atoms with Crippen molar-refractivity contribution in [2.75, 3.05) is 24.5 Å². The highest BCUT2D eigenvalue weighted by Crippen LogP contribution is 2.34. The lowest BCUT2D eigenvalue weighted by Crippen LogP contribution is -2.34. The minimum Gasteiger partial charge on any atom is -0.340 e. The average Bonchev–Trinajstić information content (AvgIpc) is 3.43. The summed E-state index contributed by atoms with van der Waals surface area (Å²) in [6.45, 7) is 6.87. The van der Waals surface area contributed by atoms with Gasteiger partial charge >= 0.3 is 0 Å². The van der Waals surface area contributed by atoms with Crippen molar-refractivity contribution in [3.05, 3.63) is 71.5 Å². The molecule has 0 saturated carbocycles. The molecule has 4 rings (SSSR count). The fourth-order valence-electron chi connectivity index (χ4n) is 4.09. The van der Waals surface area contributed by atoms with E-state index in [2.05, 4.69) is 23.9 Å². The third-order valence-corrected chi connectivity index (χ3v) is 5.50. The lowest BCUT2D eigenvalue weighted by atomic mass is 10.1. The van der Waals surface area contributed by atoms with Crippen LogP contribution in [0.5, 0.6) is 0 Å². The number of aromatic nitrogens is 1. The molecular weight excluding hydrogens is 393 g/mol. The van der Waals surface area contributed by atoms with Crippen LogP contribution in [0.25, 0.3) is 11.3 Å². The molecule has 3 aromatic rings. The summed E-state index contributed by atoms with van der Waals surface area (Å²) in [7, 11) is 0. The summed E-state index contributed by atoms with van der Waals surface area (Å²) < 4.78 is 19.6. The van der Waals surface area contributed by atoms with Crippen molar-refractivity contribution in [2.45, 2.75) is 33.2 Å². The maximum Gasteiger partial charge on any atom is 0.254 e. The summed E-state index contributed by atoms with van der Waals surface area (Å²) in [4.78, 5) is 17.3. The van der Waals surface area contributed by atoms with Gasteiger partial charge in [0, 0.05) is 30.8 Å². The van der Waals surface area contributed by atoms with E-state index < -0.39 is 5.82 Å². The fraction of sp³-hybridized carbons (Fsp3) is 0.360. The van der Waals surface area contributed by atoms with E-state index in [-0.39, 0.29) is 11.8 Å². The van der Waals surface area contributed by atoms with Gasteiger partial charge in [-0.25, -0.2) is 4.39 Å². The third-order valence-electron chi connectivity index (χ3n) is 5.50. The topological polar surface area (TPSA) is 49.6 Å². The van der Waals surface area contributed by atoms with Crippen LogP contribution in [0.15, 0.2) is 59.1 Å². The highest BCUT2D eigenvalue weighted by Gasteiger charge is 2.28. The Balaban J connectivity index is 1.73. The second-order valence-corrected chi connectivity index (χ2v) is 8.46. The first-order valence-corrected chi connectivity index (χ1v) is 10.9. The first kappa shape index (κ1) is 21.1. The van der Waals surface area contributed by atoms with Crippen molar-refractivity contribution in [3.63, 3.8) is 0 Å². The van der Waals surface area contributed by atoms with Gasteiger partial charge in [-0.15, -0.1) is 0 Å². The lowest BCUT2D eigenvalue weighted by molar-refractivity contribution is 0.0722. The molecule has 0 radical (unpaired) electrons. The molecule has 1 aliphatic heterocycles. The van der Waals surface area contributed by atoms with E-state index in [0.29, 0.717) is 18.7 Å². The van der Waals surface area contributed by atoms with E-state index in [1.54, 1.807) is 17.0 Å². The van der Waals surface area contributed by atoms with Gasteiger partial charge in [-0.2, -0.15) is 0 Å². The van der Waals surface area contributed by atoms with Crippen LogP contribution in [-0.2, 0) is 6.54 Å². The molecule has 0 spiro atoms. The Bertz CT molecular complexity index is 1030. The van der Waals surface area contributed by atoms with E-state index in [1.165, 1.54) is 12.1 Å². The van der Waals surface area contributed by atoms with E-state index >= 15 is 0 Å². The number of rotatable bonds is 7. The van der Waals surface area contributed by atoms with Crippen molar-refractivity contribution < 1.29 is 13.7 Å². The molecule has 1 saturated heterocycles. The number of halogens is 1. The minimum absolute atomic E-state index is 0.194. The number of carbonyl (C=O) groups is 1. The molecule has 1 aromatic heterocycles. The van der Waals surface area contributed by atoms with Crippen molar-refractivity contribution in [1.82, 2.24) is 10.1 Å². The van der Waals surface area contributed by atoms with Crippen LogP contribution < -0.4 is 4.90 Å². The monoisotopic (exact) mass is 421 g/mol. The molecule has 2 aromatic carbocycles. The largest absolute Gasteiger partial charge is 0.340 e. The Morgan fingerprint density at radius 1 is 1.13 bits per heavy atom. The van der Waals surface area contributed by atoms with Crippen LogP contribution >= 0.6 is 0 Å². The van der Waals surface area contributed by atoms with Gasteiger partial charge in [-0.05, 0) is 37.0 Å². The Labute approximate surface area is 182 Å². The summed E-state index contributed by atoms with van der Waals surface area (Å²) in [6, 6.07) is 15.8. The fourth-order valence-corrected chi connectivity index (χ4v) is 4.09. The molecule has 5 nitrogen and oxygen atoms in total. The highest BCUT2D eigenvalue weighted by atomic mass is 19.1. The number of carbonyl (C=O) groups excluding carboxylic acids is 1. The molecule has 0 unspecified atom stereocenters. The number of amides is 1. The molecule has 1 aliphatic rings. The molecule has 0 bridgehead atoms. The zero-order valence-corrected chi connectivity index (χ0v) is 18.1. The number of hydrogen-bond donors (Lipinski definition) is 0. The lowest BCUT2D eigenvalue weighted by Gasteiger charge is -2.26. The second-order valence-electron chi connectivity index (χ2n) is 8.46. The van der Waals surface area contributed by atoms with E-state index in [0.717, 1.165) is 48.6 Å². The molecule has 162 valence electrons. The van der Waals surface area contributed by atoms with Crippen LogP contribution in [0.3, 0.4) is 0 Å². The van der Waals surface area contributed by atoms with Crippen molar-refractivity contribution in [2.24, 2.45) is 5.92 Å². The Hall–Kier alpha value is -3.15. The molecule has 0 atom stereocenters. The number of anilines is 1. The maximum atomic E-state index is 13.8. The second kappa shape index (κ2) is 9.33. The smallest absolute Gasteiger partial charge is 0.254 e. The molecule has 6 heteroatoms. The Morgan fingerprint density at radius 3 is 2.55 bits per heavy atom. The summed E-state index contributed by atoms with van der Waals surface area (Å²) in [5, 5.41) is 4.39. The SMILES string of the molecule is CC(C)CN(Cc1c(-c2ccccc2)noc1N1CCCC1)C(=O)c1cccc(F)c1. The number of nitrogens with zero attached hydrogens (tertiary/aromatic N) is 3. The minimum atomic E-state index is -0.414. The van der Waals surface area contributed by atoms with Gasteiger partial charge < -0.3 is 14.3 Å². The van der Waals surface area contributed by atoms with E-state index in [9.17, 15) is 9.18 Å². The van der Waals surface area contributed by atoms with Gasteiger partial charge in [0.2, 0.25) is 5.88 Å². The predicted molar refractivity (Wildman–Crippen MR) is 119 cm³/mol. The van der Waals surface area contributed by atoms with Crippen LogP contribution in [0, 0.1) is 11.7 Å². The van der Waals surface area contributed by atoms with E-state index in [4.69, 9.17) is 4.52 Å². The first-order chi connectivity index (χ1) is 15.0. The standard InChI is InChI=1S/C25H28FN3O2/c1-18(2)16-29(24(30)20-11-8-12-21(26)15-20)17-22-23(19-9-4-3-5-10-19)27-31-25(22)28-13-6-7-14-28/h3-5,8-12,15,18H,6-7,13-14,16-17H2,1-2H3. The summed E-state index contributed by atoms with van der Waals surface area (Å²) in [5.41, 5.74) is 2.96. The average molecular weight is 422 g/mol. The molecule has 0 N–H and O–H groups in total. The molecule has 0 aliphatic carbocycles. The van der Waals surface area contributed by atoms with Gasteiger partial charge in [0.15, 0.2) is 0 Å². The summed E-state index contributed by atoms with van der Waals surface area (Å²) in [5.74, 6) is 0.383. The quantitative estimate of drug-likeness (QED) is 0.514. The molecule has 31 heavy (non-hydrogen) atoms.